The lowest BCUT2D eigenvalue weighted by Gasteiger charge is -2.10. The van der Waals surface area contributed by atoms with Crippen LogP contribution in [0.5, 0.6) is 5.75 Å². The van der Waals surface area contributed by atoms with Gasteiger partial charge in [0.05, 0.1) is 18.2 Å². The van der Waals surface area contributed by atoms with Crippen LogP contribution in [0.2, 0.25) is 0 Å². The Morgan fingerprint density at radius 3 is 2.23 bits per heavy atom. The molecule has 0 atom stereocenters. The molecule has 0 bridgehead atoms. The van der Waals surface area contributed by atoms with Gasteiger partial charge in [0.2, 0.25) is 0 Å². The van der Waals surface area contributed by atoms with Crippen LogP contribution in [0.4, 0.5) is 13.2 Å². The van der Waals surface area contributed by atoms with Gasteiger partial charge in [0, 0.05) is 5.56 Å². The van der Waals surface area contributed by atoms with Gasteiger partial charge in [-0.3, -0.25) is 0 Å². The number of aryl methyl sites for hydroxylation is 1. The molecule has 3 nitrogen and oxygen atoms in total. The molecule has 0 fully saturated rings. The first-order chi connectivity index (χ1) is 14.8. The van der Waals surface area contributed by atoms with Gasteiger partial charge in [0.15, 0.2) is 5.69 Å². The second-order valence-electron chi connectivity index (χ2n) is 7.41. The van der Waals surface area contributed by atoms with E-state index >= 15 is 0 Å². The van der Waals surface area contributed by atoms with Crippen LogP contribution in [0.15, 0.2) is 79.0 Å². The SMILES string of the molecule is Cc1cc(-c2c[nH]c(-c3ccc(C(F)(F)F)cc3)[n+]2C)ccc1OCc1ccccc1. The predicted molar refractivity (Wildman–Crippen MR) is 113 cm³/mol. The van der Waals surface area contributed by atoms with Crippen LogP contribution in [0.25, 0.3) is 22.6 Å². The molecule has 1 aromatic heterocycles. The molecule has 0 aliphatic rings. The second-order valence-corrected chi connectivity index (χ2v) is 7.41. The molecular formula is C25H22F3N2O+. The summed E-state index contributed by atoms with van der Waals surface area (Å²) >= 11 is 0. The molecule has 0 unspecified atom stereocenters. The molecule has 3 aromatic carbocycles. The predicted octanol–water partition coefficient (Wildman–Crippen LogP) is 6.08. The summed E-state index contributed by atoms with van der Waals surface area (Å²) in [6, 6.07) is 21.1. The molecule has 1 heterocycles. The number of aromatic nitrogens is 2. The van der Waals surface area contributed by atoms with Gasteiger partial charge < -0.3 is 4.74 Å². The zero-order valence-electron chi connectivity index (χ0n) is 17.2. The third kappa shape index (κ3) is 4.48. The lowest BCUT2D eigenvalue weighted by atomic mass is 10.1. The third-order valence-electron chi connectivity index (χ3n) is 5.24. The molecule has 6 heteroatoms. The summed E-state index contributed by atoms with van der Waals surface area (Å²) in [4.78, 5) is 3.18. The van der Waals surface area contributed by atoms with Crippen molar-refractivity contribution in [3.63, 3.8) is 0 Å². The highest BCUT2D eigenvalue weighted by atomic mass is 19.4. The van der Waals surface area contributed by atoms with E-state index in [-0.39, 0.29) is 0 Å². The fourth-order valence-corrected chi connectivity index (χ4v) is 3.53. The minimum Gasteiger partial charge on any atom is -0.489 e. The Balaban J connectivity index is 1.55. The Hall–Kier alpha value is -3.54. The van der Waals surface area contributed by atoms with Crippen molar-refractivity contribution in [1.82, 2.24) is 4.98 Å². The zero-order valence-corrected chi connectivity index (χ0v) is 17.2. The fourth-order valence-electron chi connectivity index (χ4n) is 3.53. The highest BCUT2D eigenvalue weighted by molar-refractivity contribution is 5.62. The van der Waals surface area contributed by atoms with Crippen LogP contribution >= 0.6 is 0 Å². The maximum atomic E-state index is 12.8. The average Bonchev–Trinajstić information content (AvgIpc) is 3.14. The molecular weight excluding hydrogens is 401 g/mol. The molecule has 1 N–H and O–H groups in total. The molecule has 0 aliphatic carbocycles. The van der Waals surface area contributed by atoms with E-state index < -0.39 is 11.7 Å². The van der Waals surface area contributed by atoms with Gasteiger partial charge in [0.1, 0.15) is 18.6 Å². The number of ether oxygens (including phenoxy) is 1. The molecule has 0 saturated carbocycles. The molecule has 0 spiro atoms. The quantitative estimate of drug-likeness (QED) is 0.387. The second kappa shape index (κ2) is 8.30. The summed E-state index contributed by atoms with van der Waals surface area (Å²) in [5, 5.41) is 0. The number of aromatic amines is 1. The molecule has 4 rings (SSSR count). The maximum absolute atomic E-state index is 12.8. The number of rotatable bonds is 5. The minimum atomic E-state index is -4.34. The van der Waals surface area contributed by atoms with E-state index in [0.29, 0.717) is 12.2 Å². The highest BCUT2D eigenvalue weighted by Gasteiger charge is 2.30. The van der Waals surface area contributed by atoms with Crippen molar-refractivity contribution in [2.75, 3.05) is 0 Å². The van der Waals surface area contributed by atoms with Crippen molar-refractivity contribution in [2.45, 2.75) is 19.7 Å². The van der Waals surface area contributed by atoms with Crippen LogP contribution in [0, 0.1) is 6.92 Å². The normalized spacial score (nSPS) is 11.5. The van der Waals surface area contributed by atoms with Crippen LogP contribution < -0.4 is 9.30 Å². The maximum Gasteiger partial charge on any atom is 0.416 e. The molecule has 0 aliphatic heterocycles. The number of imidazole rings is 1. The van der Waals surface area contributed by atoms with E-state index in [0.717, 1.165) is 46.1 Å². The van der Waals surface area contributed by atoms with Crippen molar-refractivity contribution >= 4 is 0 Å². The Labute approximate surface area is 178 Å². The third-order valence-corrected chi connectivity index (χ3v) is 5.24. The number of H-pyrrole nitrogens is 1. The summed E-state index contributed by atoms with van der Waals surface area (Å²) < 4.78 is 46.4. The van der Waals surface area contributed by atoms with Gasteiger partial charge >= 0.3 is 6.18 Å². The smallest absolute Gasteiger partial charge is 0.416 e. The first-order valence-electron chi connectivity index (χ1n) is 9.86. The van der Waals surface area contributed by atoms with E-state index in [9.17, 15) is 13.2 Å². The van der Waals surface area contributed by atoms with Crippen LogP contribution in [-0.2, 0) is 19.8 Å². The van der Waals surface area contributed by atoms with E-state index in [2.05, 4.69) is 4.98 Å². The van der Waals surface area contributed by atoms with E-state index in [1.807, 2.05) is 73.3 Å². The number of nitrogens with one attached hydrogen (secondary N) is 1. The monoisotopic (exact) mass is 423 g/mol. The van der Waals surface area contributed by atoms with Crippen LogP contribution in [0.3, 0.4) is 0 Å². The molecule has 0 radical (unpaired) electrons. The molecule has 0 amide bonds. The molecule has 0 saturated heterocycles. The van der Waals surface area contributed by atoms with Crippen molar-refractivity contribution in [1.29, 1.82) is 0 Å². The summed E-state index contributed by atoms with van der Waals surface area (Å²) in [5.74, 6) is 1.54. The Kier molecular flexibility index (Phi) is 5.55. The number of benzene rings is 3. The van der Waals surface area contributed by atoms with Crippen molar-refractivity contribution < 1.29 is 22.5 Å². The molecule has 31 heavy (non-hydrogen) atoms. The largest absolute Gasteiger partial charge is 0.489 e. The van der Waals surface area contributed by atoms with E-state index in [1.54, 1.807) is 0 Å². The van der Waals surface area contributed by atoms with Gasteiger partial charge in [-0.1, -0.05) is 30.3 Å². The van der Waals surface area contributed by atoms with Gasteiger partial charge in [-0.15, -0.1) is 0 Å². The number of halogens is 3. The number of alkyl halides is 3. The Morgan fingerprint density at radius 2 is 1.58 bits per heavy atom. The topological polar surface area (TPSA) is 28.9 Å². The first-order valence-corrected chi connectivity index (χ1v) is 9.86. The zero-order chi connectivity index (χ0) is 22.0. The van der Waals surface area contributed by atoms with Crippen LogP contribution in [0.1, 0.15) is 16.7 Å². The summed E-state index contributed by atoms with van der Waals surface area (Å²) in [5.41, 5.74) is 4.04. The highest BCUT2D eigenvalue weighted by Crippen LogP contribution is 2.31. The standard InChI is InChI=1S/C25H21F3N2O/c1-17-14-20(10-13-23(17)31-16-18-6-4-3-5-7-18)22-15-29-24(30(22)2)19-8-11-21(12-9-19)25(26,27)28/h3-15H,16H2,1-2H3/p+1. The molecule has 158 valence electrons. The van der Waals surface area contributed by atoms with Gasteiger partial charge in [-0.2, -0.15) is 13.2 Å². The lowest BCUT2D eigenvalue weighted by Crippen LogP contribution is -2.31. The number of nitrogens with zero attached hydrogens (tertiary/aromatic N) is 1. The minimum absolute atomic E-state index is 0.497. The van der Waals surface area contributed by atoms with Gasteiger partial charge in [0.25, 0.3) is 5.82 Å². The lowest BCUT2D eigenvalue weighted by molar-refractivity contribution is -0.648. The Bertz CT molecular complexity index is 1180. The fraction of sp³-hybridized carbons (Fsp3) is 0.160. The van der Waals surface area contributed by atoms with Crippen molar-refractivity contribution in [3.8, 4) is 28.4 Å². The van der Waals surface area contributed by atoms with Gasteiger partial charge in [-0.25, -0.2) is 9.55 Å². The first kappa shape index (κ1) is 20.7. The molecule has 4 aromatic rings. The number of hydrogen-bond donors (Lipinski definition) is 1. The van der Waals surface area contributed by atoms with Gasteiger partial charge in [-0.05, 0) is 60.5 Å². The van der Waals surface area contributed by atoms with Crippen molar-refractivity contribution in [2.24, 2.45) is 7.05 Å². The Morgan fingerprint density at radius 1 is 0.903 bits per heavy atom. The summed E-state index contributed by atoms with van der Waals surface area (Å²) in [6.45, 7) is 2.49. The summed E-state index contributed by atoms with van der Waals surface area (Å²) in [7, 11) is 1.88. The summed E-state index contributed by atoms with van der Waals surface area (Å²) in [6.07, 6.45) is -2.49. The van der Waals surface area contributed by atoms with Crippen LogP contribution in [-0.4, -0.2) is 4.98 Å². The van der Waals surface area contributed by atoms with Crippen molar-refractivity contribution in [3.05, 3.63) is 95.7 Å². The van der Waals surface area contributed by atoms with E-state index in [1.165, 1.54) is 12.1 Å². The average molecular weight is 423 g/mol. The number of hydrogen-bond acceptors (Lipinski definition) is 1. The van der Waals surface area contributed by atoms with E-state index in [4.69, 9.17) is 4.74 Å².